The van der Waals surface area contributed by atoms with Gasteiger partial charge in [0.25, 0.3) is 11.8 Å². The summed E-state index contributed by atoms with van der Waals surface area (Å²) in [5, 5.41) is 8.90. The maximum atomic E-state index is 14.2. The number of anilines is 1. The van der Waals surface area contributed by atoms with E-state index in [-0.39, 0.29) is 16.3 Å². The van der Waals surface area contributed by atoms with Crippen LogP contribution in [0.5, 0.6) is 11.6 Å². The highest BCUT2D eigenvalue weighted by Crippen LogP contribution is 2.35. The molecule has 1 amide bonds. The summed E-state index contributed by atoms with van der Waals surface area (Å²) in [6.45, 7) is 2.65. The quantitative estimate of drug-likeness (QED) is 0.478. The Kier molecular flexibility index (Phi) is 6.41. The number of carbonyl (C=O) groups excluding carboxylic acids is 1. The Morgan fingerprint density at radius 1 is 1.12 bits per heavy atom. The smallest absolute Gasteiger partial charge is 0.434 e. The Morgan fingerprint density at radius 2 is 1.82 bits per heavy atom. The fraction of sp³-hybridized carbons (Fsp3) is 0.190. The SMILES string of the molecule is Cc1ccc(Oc2nnc(C(F)(F)F)c(C)c2C(=O)Nc2cccc(S(C)(=N)=O)c2)c(F)c1. The maximum absolute atomic E-state index is 14.2. The van der Waals surface area contributed by atoms with Gasteiger partial charge in [-0.05, 0) is 55.3 Å². The second kappa shape index (κ2) is 8.77. The van der Waals surface area contributed by atoms with Gasteiger partial charge in [-0.15, -0.1) is 10.2 Å². The van der Waals surface area contributed by atoms with Crippen molar-refractivity contribution in [2.24, 2.45) is 0 Å². The summed E-state index contributed by atoms with van der Waals surface area (Å²) in [6, 6.07) is 9.42. The zero-order chi connectivity index (χ0) is 24.6. The Morgan fingerprint density at radius 3 is 2.42 bits per heavy atom. The Labute approximate surface area is 186 Å². The third-order valence-corrected chi connectivity index (χ3v) is 5.67. The number of alkyl halides is 3. The summed E-state index contributed by atoms with van der Waals surface area (Å²) in [7, 11) is -3.11. The van der Waals surface area contributed by atoms with Crippen LogP contribution >= 0.6 is 0 Å². The second-order valence-corrected chi connectivity index (χ2v) is 9.37. The van der Waals surface area contributed by atoms with Crippen molar-refractivity contribution in [3.63, 3.8) is 0 Å². The largest absolute Gasteiger partial charge is 0.435 e. The topological polar surface area (TPSA) is 105 Å². The molecule has 3 rings (SSSR count). The highest BCUT2D eigenvalue weighted by atomic mass is 32.2. The van der Waals surface area contributed by atoms with Crippen LogP contribution in [0.3, 0.4) is 0 Å². The maximum Gasteiger partial charge on any atom is 0.435 e. The molecule has 0 aliphatic rings. The predicted octanol–water partition coefficient (Wildman–Crippen LogP) is 5.33. The molecule has 3 aromatic rings. The summed E-state index contributed by atoms with van der Waals surface area (Å²) < 4.78 is 79.3. The number of nitrogens with one attached hydrogen (secondary N) is 2. The van der Waals surface area contributed by atoms with E-state index >= 15 is 0 Å². The number of hydrogen-bond donors (Lipinski definition) is 2. The van der Waals surface area contributed by atoms with Crippen molar-refractivity contribution in [2.75, 3.05) is 11.6 Å². The molecule has 33 heavy (non-hydrogen) atoms. The highest BCUT2D eigenvalue weighted by molar-refractivity contribution is 7.91. The number of ether oxygens (including phenoxy) is 1. The number of nitrogens with zero attached hydrogens (tertiary/aromatic N) is 2. The molecule has 0 bridgehead atoms. The zero-order valence-electron chi connectivity index (χ0n) is 17.6. The van der Waals surface area contributed by atoms with Gasteiger partial charge in [-0.2, -0.15) is 13.2 Å². The van der Waals surface area contributed by atoms with Crippen LogP contribution in [0.25, 0.3) is 0 Å². The van der Waals surface area contributed by atoms with Crippen LogP contribution in [0.2, 0.25) is 0 Å². The van der Waals surface area contributed by atoms with Crippen LogP contribution in [-0.4, -0.2) is 26.6 Å². The van der Waals surface area contributed by atoms with Gasteiger partial charge in [0.1, 0.15) is 5.56 Å². The monoisotopic (exact) mass is 482 g/mol. The number of hydrogen-bond acceptors (Lipinski definition) is 6. The molecule has 7 nitrogen and oxygen atoms in total. The lowest BCUT2D eigenvalue weighted by Gasteiger charge is -2.16. The Bertz CT molecular complexity index is 1340. The molecule has 0 radical (unpaired) electrons. The van der Waals surface area contributed by atoms with Gasteiger partial charge in [-0.25, -0.2) is 13.4 Å². The number of aromatic nitrogens is 2. The Balaban J connectivity index is 2.08. The van der Waals surface area contributed by atoms with E-state index in [2.05, 4.69) is 15.5 Å². The average molecular weight is 482 g/mol. The third-order valence-electron chi connectivity index (χ3n) is 4.52. The molecule has 0 spiro atoms. The molecule has 1 unspecified atom stereocenters. The summed E-state index contributed by atoms with van der Waals surface area (Å²) in [5.74, 6) is -2.83. The van der Waals surface area contributed by atoms with Crippen LogP contribution in [0.4, 0.5) is 23.2 Å². The molecule has 0 saturated heterocycles. The van der Waals surface area contributed by atoms with E-state index in [0.717, 1.165) is 13.0 Å². The van der Waals surface area contributed by atoms with Gasteiger partial charge in [-0.1, -0.05) is 12.1 Å². The summed E-state index contributed by atoms with van der Waals surface area (Å²) in [4.78, 5) is 13.1. The first-order valence-corrected chi connectivity index (χ1v) is 11.3. The van der Waals surface area contributed by atoms with Crippen molar-refractivity contribution < 1.29 is 31.3 Å². The van der Waals surface area contributed by atoms with E-state index in [1.165, 1.54) is 42.7 Å². The van der Waals surface area contributed by atoms with Crippen molar-refractivity contribution in [2.45, 2.75) is 24.9 Å². The number of halogens is 4. The van der Waals surface area contributed by atoms with Gasteiger partial charge >= 0.3 is 6.18 Å². The Hall–Kier alpha value is -3.54. The normalized spacial score (nSPS) is 13.3. The molecule has 0 aliphatic heterocycles. The first-order valence-electron chi connectivity index (χ1n) is 9.31. The minimum absolute atomic E-state index is 0.0802. The molecule has 1 aromatic heterocycles. The molecule has 2 aromatic carbocycles. The van der Waals surface area contributed by atoms with E-state index in [4.69, 9.17) is 9.52 Å². The zero-order valence-corrected chi connectivity index (χ0v) is 18.4. The first kappa shape index (κ1) is 24.1. The predicted molar refractivity (Wildman–Crippen MR) is 112 cm³/mol. The van der Waals surface area contributed by atoms with E-state index in [9.17, 15) is 26.6 Å². The lowest BCUT2D eigenvalue weighted by Crippen LogP contribution is -2.21. The molecule has 0 saturated carbocycles. The minimum atomic E-state index is -4.90. The van der Waals surface area contributed by atoms with Gasteiger partial charge in [-0.3, -0.25) is 4.79 Å². The second-order valence-electron chi connectivity index (χ2n) is 7.21. The molecule has 0 fully saturated rings. The van der Waals surface area contributed by atoms with Gasteiger partial charge < -0.3 is 10.1 Å². The number of amides is 1. The lowest BCUT2D eigenvalue weighted by molar-refractivity contribution is -0.142. The van der Waals surface area contributed by atoms with Crippen molar-refractivity contribution >= 4 is 21.3 Å². The number of carbonyl (C=O) groups is 1. The molecule has 0 aliphatic carbocycles. The van der Waals surface area contributed by atoms with Crippen molar-refractivity contribution in [1.82, 2.24) is 10.2 Å². The molecular formula is C21H18F4N4O3S. The van der Waals surface area contributed by atoms with E-state index in [1.807, 2.05) is 0 Å². The van der Waals surface area contributed by atoms with Crippen LogP contribution < -0.4 is 10.1 Å². The standard InChI is InChI=1S/C21H18F4N4O3S/c1-11-7-8-16(15(22)9-11)32-20-17(12(2)18(28-29-20)21(23,24)25)19(30)27-13-5-4-6-14(10-13)33(3,26)31/h4-10,26H,1-3H3,(H,27,30). The third kappa shape index (κ3) is 5.45. The molecule has 174 valence electrons. The van der Waals surface area contributed by atoms with Crippen molar-refractivity contribution in [1.29, 1.82) is 4.78 Å². The summed E-state index contributed by atoms with van der Waals surface area (Å²) in [6.07, 6.45) is -3.72. The molecule has 12 heteroatoms. The van der Waals surface area contributed by atoms with Crippen LogP contribution in [0.15, 0.2) is 47.4 Å². The van der Waals surface area contributed by atoms with Crippen LogP contribution in [0, 0.1) is 24.4 Å². The fourth-order valence-electron chi connectivity index (χ4n) is 2.91. The van der Waals surface area contributed by atoms with Crippen LogP contribution in [-0.2, 0) is 15.9 Å². The molecule has 1 atom stereocenters. The van der Waals surface area contributed by atoms with E-state index in [0.29, 0.717) is 5.56 Å². The summed E-state index contributed by atoms with van der Waals surface area (Å²) in [5.41, 5.74) is -1.93. The van der Waals surface area contributed by atoms with E-state index in [1.54, 1.807) is 6.92 Å². The number of rotatable bonds is 5. The number of aryl methyl sites for hydroxylation is 1. The van der Waals surface area contributed by atoms with Gasteiger partial charge in [0, 0.05) is 16.8 Å². The summed E-state index contributed by atoms with van der Waals surface area (Å²) >= 11 is 0. The molecule has 1 heterocycles. The van der Waals surface area contributed by atoms with Gasteiger partial charge in [0.2, 0.25) is 0 Å². The average Bonchev–Trinajstić information content (AvgIpc) is 2.68. The van der Waals surface area contributed by atoms with Gasteiger partial charge in [0.15, 0.2) is 17.3 Å². The number of benzene rings is 2. The van der Waals surface area contributed by atoms with E-state index < -0.39 is 50.3 Å². The van der Waals surface area contributed by atoms with Crippen molar-refractivity contribution in [3.05, 3.63) is 70.7 Å². The van der Waals surface area contributed by atoms with Gasteiger partial charge in [0.05, 0.1) is 9.73 Å². The first-order chi connectivity index (χ1) is 15.3. The highest BCUT2D eigenvalue weighted by Gasteiger charge is 2.38. The lowest BCUT2D eigenvalue weighted by atomic mass is 10.1. The van der Waals surface area contributed by atoms with Crippen molar-refractivity contribution in [3.8, 4) is 11.6 Å². The molecular weight excluding hydrogens is 464 g/mol. The minimum Gasteiger partial charge on any atom is -0.434 e. The molecule has 2 N–H and O–H groups in total. The fourth-order valence-corrected chi connectivity index (χ4v) is 3.60. The van der Waals surface area contributed by atoms with Crippen LogP contribution in [0.1, 0.15) is 27.2 Å².